The quantitative estimate of drug-likeness (QED) is 0.0617. The zero-order chi connectivity index (χ0) is 55.5. The molecular formula is C64H57N5O8S3. The van der Waals surface area contributed by atoms with Gasteiger partial charge in [-0.2, -0.15) is 0 Å². The third-order valence-corrected chi connectivity index (χ3v) is 15.5. The maximum atomic E-state index is 12.0. The van der Waals surface area contributed by atoms with Crippen LogP contribution in [0.3, 0.4) is 0 Å². The molecule has 2 saturated heterocycles. The number of aromatic nitrogens is 3. The first-order valence-electron chi connectivity index (χ1n) is 25.6. The molecule has 2 aliphatic rings. The smallest absolute Gasteiger partial charge is 0.322 e. The zero-order valence-electron chi connectivity index (χ0n) is 44.2. The van der Waals surface area contributed by atoms with Crippen molar-refractivity contribution < 1.29 is 38.1 Å². The maximum Gasteiger partial charge on any atom is 0.322 e. The predicted molar refractivity (Wildman–Crippen MR) is 310 cm³/mol. The molecule has 0 radical (unpaired) electrons. The second-order valence-corrected chi connectivity index (χ2v) is 21.7. The lowest BCUT2D eigenvalue weighted by Gasteiger charge is -2.13. The number of aldehydes is 1. The average Bonchev–Trinajstić information content (AvgIpc) is 4.21. The lowest BCUT2D eigenvalue weighted by atomic mass is 10.1. The second-order valence-electron chi connectivity index (χ2n) is 18.4. The molecule has 6 aromatic carbocycles. The van der Waals surface area contributed by atoms with Gasteiger partial charge in [-0.25, -0.2) is 4.79 Å². The fourth-order valence-electron chi connectivity index (χ4n) is 8.07. The number of hydrogen-bond acceptors (Lipinski definition) is 14. The molecule has 2 N–H and O–H groups in total. The van der Waals surface area contributed by atoms with E-state index in [0.29, 0.717) is 44.2 Å². The van der Waals surface area contributed by atoms with E-state index >= 15 is 0 Å². The highest BCUT2D eigenvalue weighted by Crippen LogP contribution is 2.37. The number of aryl methyl sites for hydroxylation is 3. The van der Waals surface area contributed by atoms with Gasteiger partial charge in [0.2, 0.25) is 0 Å². The van der Waals surface area contributed by atoms with Gasteiger partial charge in [-0.1, -0.05) is 108 Å². The maximum absolute atomic E-state index is 12.0. The highest BCUT2D eigenvalue weighted by atomic mass is 32.2. The van der Waals surface area contributed by atoms with Crippen LogP contribution in [0.15, 0.2) is 230 Å². The molecule has 1 atom stereocenters. The Kier molecular flexibility index (Phi) is 20.2. The number of urea groups is 1. The van der Waals surface area contributed by atoms with Crippen LogP contribution in [0.4, 0.5) is 4.79 Å². The number of pyridine rings is 3. The predicted octanol–water partition coefficient (Wildman–Crippen LogP) is 14.1. The van der Waals surface area contributed by atoms with Gasteiger partial charge in [0.25, 0.3) is 5.91 Å². The number of rotatable bonds is 18. The van der Waals surface area contributed by atoms with E-state index in [2.05, 4.69) is 62.8 Å². The molecule has 2 fully saturated rings. The summed E-state index contributed by atoms with van der Waals surface area (Å²) in [5.41, 5.74) is 9.10. The molecule has 3 aromatic heterocycles. The van der Waals surface area contributed by atoms with Crippen molar-refractivity contribution in [3.63, 3.8) is 0 Å². The van der Waals surface area contributed by atoms with E-state index in [-0.39, 0.29) is 12.2 Å². The zero-order valence-corrected chi connectivity index (χ0v) is 46.6. The van der Waals surface area contributed by atoms with Crippen LogP contribution in [0, 0.1) is 20.8 Å². The van der Waals surface area contributed by atoms with Crippen molar-refractivity contribution in [2.75, 3.05) is 13.2 Å². The Hall–Kier alpha value is -8.25. The first-order chi connectivity index (χ1) is 39.1. The van der Waals surface area contributed by atoms with E-state index in [1.807, 2.05) is 154 Å². The van der Waals surface area contributed by atoms with E-state index < -0.39 is 12.1 Å². The summed E-state index contributed by atoms with van der Waals surface area (Å²) in [6.45, 7) is 8.97. The SMILES string of the molecule is Cc1cccc(OCc2ccc(Sc3ccncc3C3NC(=O)NC3=O)cc2)c1.Cc1cccc(OCc2ccc(Sc3ccncc3C3OCCO3)cc2)c1.Cc1cccc(OCc2ccc(Sc3ccncc3C=O)cc2)c1. The summed E-state index contributed by atoms with van der Waals surface area (Å²) in [4.78, 5) is 52.9. The number of nitrogens with one attached hydrogen (secondary N) is 2. The molecule has 0 saturated carbocycles. The van der Waals surface area contributed by atoms with Crippen molar-refractivity contribution in [1.29, 1.82) is 0 Å². The molecule has 9 aromatic rings. The molecule has 80 heavy (non-hydrogen) atoms. The molecule has 3 amide bonds. The van der Waals surface area contributed by atoms with Gasteiger partial charge in [0.15, 0.2) is 12.6 Å². The molecule has 11 rings (SSSR count). The summed E-state index contributed by atoms with van der Waals surface area (Å²) < 4.78 is 28.8. The van der Waals surface area contributed by atoms with Crippen molar-refractivity contribution in [1.82, 2.24) is 25.6 Å². The lowest BCUT2D eigenvalue weighted by molar-refractivity contribution is -0.120. The Morgan fingerprint density at radius 1 is 0.512 bits per heavy atom. The van der Waals surface area contributed by atoms with Crippen LogP contribution in [0.2, 0.25) is 0 Å². The minimum absolute atomic E-state index is 0.316. The van der Waals surface area contributed by atoms with Crippen LogP contribution in [-0.2, 0) is 34.1 Å². The minimum Gasteiger partial charge on any atom is -0.489 e. The van der Waals surface area contributed by atoms with Gasteiger partial charge in [-0.05, 0) is 145 Å². The third kappa shape index (κ3) is 16.6. The third-order valence-electron chi connectivity index (χ3n) is 12.2. The topological polar surface area (TPSA) is 160 Å². The second kappa shape index (κ2) is 28.6. The highest BCUT2D eigenvalue weighted by molar-refractivity contribution is 8.00. The average molecular weight is 1120 g/mol. The number of ether oxygens (including phenoxy) is 5. The molecule has 13 nitrogen and oxygen atoms in total. The molecular weight excluding hydrogens is 1060 g/mol. The molecule has 0 aliphatic carbocycles. The summed E-state index contributed by atoms with van der Waals surface area (Å²) in [6, 6.07) is 53.2. The van der Waals surface area contributed by atoms with Gasteiger partial charge in [0.1, 0.15) is 43.1 Å². The van der Waals surface area contributed by atoms with Gasteiger partial charge < -0.3 is 29.0 Å². The van der Waals surface area contributed by atoms with Crippen LogP contribution in [0.25, 0.3) is 0 Å². The largest absolute Gasteiger partial charge is 0.489 e. The number of nitrogens with zero attached hydrogens (tertiary/aromatic N) is 3. The van der Waals surface area contributed by atoms with Gasteiger partial charge in [-0.3, -0.25) is 29.9 Å². The lowest BCUT2D eigenvalue weighted by Crippen LogP contribution is -2.22. The minimum atomic E-state index is -0.722. The molecule has 16 heteroatoms. The molecule has 2 aliphatic heterocycles. The van der Waals surface area contributed by atoms with E-state index in [1.54, 1.807) is 54.5 Å². The van der Waals surface area contributed by atoms with Crippen LogP contribution in [0.1, 0.15) is 67.2 Å². The van der Waals surface area contributed by atoms with E-state index in [9.17, 15) is 14.4 Å². The monoisotopic (exact) mass is 1120 g/mol. The first kappa shape index (κ1) is 56.5. The Morgan fingerprint density at radius 2 is 0.912 bits per heavy atom. The Bertz CT molecular complexity index is 3510. The van der Waals surface area contributed by atoms with Gasteiger partial charge in [0, 0.05) is 83.2 Å². The van der Waals surface area contributed by atoms with Gasteiger partial charge in [-0.15, -0.1) is 0 Å². The van der Waals surface area contributed by atoms with Crippen LogP contribution >= 0.6 is 35.3 Å². The number of hydrogen-bond donors (Lipinski definition) is 2. The van der Waals surface area contributed by atoms with Gasteiger partial charge in [0.05, 0.1) is 13.2 Å². The highest BCUT2D eigenvalue weighted by Gasteiger charge is 2.33. The molecule has 404 valence electrons. The number of carbonyl (C=O) groups excluding carboxylic acids is 3. The Morgan fingerprint density at radius 3 is 1.32 bits per heavy atom. The Balaban J connectivity index is 0.000000146. The number of amides is 3. The number of benzene rings is 6. The van der Waals surface area contributed by atoms with Crippen molar-refractivity contribution >= 4 is 53.5 Å². The first-order valence-corrected chi connectivity index (χ1v) is 28.1. The number of carbonyl (C=O) groups is 3. The standard InChI is InChI=1S/C22H19N3O3S.C22H21NO3S.C20H17NO2S/c1-14-3-2-4-16(11-14)28-13-15-5-7-17(8-6-15)29-19-9-10-23-12-18(19)20-21(26)25-22(27)24-20;1-16-3-2-4-18(13-16)26-15-17-5-7-19(8-6-17)27-21-9-10-23-14-20(21)22-24-11-12-25-22;1-15-3-2-4-18(11-15)23-14-16-5-7-19(8-6-16)24-20-9-10-21-12-17(20)13-22/h2-12,20H,13H2,1H3,(H2,24,25,26,27);2-10,13-14,22H,11-12,15H2,1H3;2-13H,14H2,1H3. The molecule has 5 heterocycles. The van der Waals surface area contributed by atoms with Crippen molar-refractivity contribution in [2.45, 2.75) is 82.3 Å². The fourth-order valence-corrected chi connectivity index (χ4v) is 10.8. The van der Waals surface area contributed by atoms with E-state index in [0.717, 1.165) is 80.7 Å². The van der Waals surface area contributed by atoms with Crippen LogP contribution in [0.5, 0.6) is 17.2 Å². The summed E-state index contributed by atoms with van der Waals surface area (Å²) in [6.07, 6.45) is 10.7. The van der Waals surface area contributed by atoms with Crippen molar-refractivity contribution in [3.8, 4) is 17.2 Å². The summed E-state index contributed by atoms with van der Waals surface area (Å²) in [7, 11) is 0. The molecule has 1 unspecified atom stereocenters. The molecule has 0 spiro atoms. The fraction of sp³-hybridized carbons (Fsp3) is 0.156. The summed E-state index contributed by atoms with van der Waals surface area (Å²) in [5.74, 6) is 2.25. The summed E-state index contributed by atoms with van der Waals surface area (Å²) >= 11 is 4.75. The normalized spacial score (nSPS) is 13.7. The van der Waals surface area contributed by atoms with Crippen molar-refractivity contribution in [3.05, 3.63) is 251 Å². The van der Waals surface area contributed by atoms with E-state index in [4.69, 9.17) is 23.7 Å². The van der Waals surface area contributed by atoms with Gasteiger partial charge >= 0.3 is 6.03 Å². The summed E-state index contributed by atoms with van der Waals surface area (Å²) in [5, 5.41) is 4.88. The van der Waals surface area contributed by atoms with Crippen LogP contribution in [-0.4, -0.2) is 46.4 Å². The van der Waals surface area contributed by atoms with Crippen molar-refractivity contribution in [2.24, 2.45) is 0 Å². The van der Waals surface area contributed by atoms with E-state index in [1.165, 1.54) is 22.9 Å². The molecule has 0 bridgehead atoms. The number of imide groups is 1. The van der Waals surface area contributed by atoms with Crippen LogP contribution < -0.4 is 24.8 Å². The Labute approximate surface area is 478 Å².